The number of anilines is 2. The minimum Gasteiger partial charge on any atom is -0.391 e. The van der Waals surface area contributed by atoms with Crippen LogP contribution in [-0.4, -0.2) is 46.9 Å². The van der Waals surface area contributed by atoms with Gasteiger partial charge in [-0.15, -0.1) is 11.8 Å². The molecule has 0 radical (unpaired) electrons. The van der Waals surface area contributed by atoms with Crippen LogP contribution in [0.1, 0.15) is 6.42 Å². The zero-order valence-electron chi connectivity index (χ0n) is 14.4. The van der Waals surface area contributed by atoms with E-state index in [-0.39, 0.29) is 18.9 Å². The Labute approximate surface area is 156 Å². The Morgan fingerprint density at radius 1 is 1.04 bits per heavy atom. The molecule has 3 rings (SSSR count). The van der Waals surface area contributed by atoms with Crippen molar-refractivity contribution in [1.29, 1.82) is 0 Å². The number of thioether (sulfide) groups is 1. The van der Waals surface area contributed by atoms with Crippen LogP contribution >= 0.6 is 11.8 Å². The van der Waals surface area contributed by atoms with Crippen LogP contribution in [0.4, 0.5) is 16.2 Å². The number of carbonyl (C=O) groups is 2. The number of urea groups is 1. The molecule has 0 bridgehead atoms. The number of aliphatic hydroxyl groups excluding tert-OH is 1. The van der Waals surface area contributed by atoms with Crippen molar-refractivity contribution < 1.29 is 14.7 Å². The Morgan fingerprint density at radius 2 is 1.69 bits per heavy atom. The van der Waals surface area contributed by atoms with E-state index in [1.165, 1.54) is 4.90 Å². The van der Waals surface area contributed by atoms with Gasteiger partial charge in [0.1, 0.15) is 6.04 Å². The number of amides is 3. The van der Waals surface area contributed by atoms with Crippen LogP contribution in [0.3, 0.4) is 0 Å². The number of para-hydroxylation sites is 1. The number of nitrogens with one attached hydrogen (secondary N) is 2. The molecule has 2 atom stereocenters. The average Bonchev–Trinajstić information content (AvgIpc) is 3.05. The molecule has 2 aromatic carbocycles. The highest BCUT2D eigenvalue weighted by Gasteiger charge is 2.39. The van der Waals surface area contributed by atoms with Gasteiger partial charge in [-0.05, 0) is 42.7 Å². The molecule has 136 valence electrons. The summed E-state index contributed by atoms with van der Waals surface area (Å²) >= 11 is 1.62. The van der Waals surface area contributed by atoms with E-state index >= 15 is 0 Å². The second-order valence-electron chi connectivity index (χ2n) is 6.07. The maximum atomic E-state index is 12.6. The van der Waals surface area contributed by atoms with Crippen LogP contribution in [0.15, 0.2) is 59.5 Å². The molecule has 2 aromatic rings. The van der Waals surface area contributed by atoms with Crippen molar-refractivity contribution in [1.82, 2.24) is 4.90 Å². The Balaban J connectivity index is 1.67. The Hall–Kier alpha value is -2.51. The molecule has 0 spiro atoms. The molecule has 1 aliphatic heterocycles. The fraction of sp³-hybridized carbons (Fsp3) is 0.263. The molecule has 7 heteroatoms. The molecule has 1 aliphatic rings. The number of β-amino-alcohol motifs (C(OH)–C–C–N with tert-alkyl or cyclic N) is 1. The van der Waals surface area contributed by atoms with Gasteiger partial charge in [-0.2, -0.15) is 0 Å². The van der Waals surface area contributed by atoms with Crippen molar-refractivity contribution in [2.24, 2.45) is 0 Å². The molecule has 1 saturated heterocycles. The third-order valence-electron chi connectivity index (χ3n) is 4.23. The van der Waals surface area contributed by atoms with E-state index in [2.05, 4.69) is 10.6 Å². The molecule has 1 heterocycles. The monoisotopic (exact) mass is 371 g/mol. The number of benzene rings is 2. The standard InChI is InChI=1S/C19H21N3O3S/c1-26-16-9-7-14(8-10-16)20-18(24)17-11-15(23)12-22(17)19(25)21-13-5-3-2-4-6-13/h2-10,15,17,23H,11-12H2,1H3,(H,20,24)(H,21,25)/t15-,17-/m1/s1. The fourth-order valence-electron chi connectivity index (χ4n) is 2.90. The Morgan fingerprint density at radius 3 is 2.35 bits per heavy atom. The zero-order valence-corrected chi connectivity index (χ0v) is 15.2. The average molecular weight is 371 g/mol. The summed E-state index contributed by atoms with van der Waals surface area (Å²) < 4.78 is 0. The van der Waals surface area contributed by atoms with Crippen molar-refractivity contribution in [3.63, 3.8) is 0 Å². The molecule has 0 aliphatic carbocycles. The van der Waals surface area contributed by atoms with E-state index in [4.69, 9.17) is 0 Å². The van der Waals surface area contributed by atoms with Gasteiger partial charge in [0.15, 0.2) is 0 Å². The van der Waals surface area contributed by atoms with Crippen molar-refractivity contribution in [3.05, 3.63) is 54.6 Å². The number of hydrogen-bond acceptors (Lipinski definition) is 4. The summed E-state index contributed by atoms with van der Waals surface area (Å²) in [6.07, 6.45) is 1.49. The number of likely N-dealkylation sites (tertiary alicyclic amines) is 1. The first kappa shape index (κ1) is 18.3. The number of nitrogens with zero attached hydrogens (tertiary/aromatic N) is 1. The first-order valence-electron chi connectivity index (χ1n) is 8.32. The van der Waals surface area contributed by atoms with Crippen LogP contribution in [0.2, 0.25) is 0 Å². The number of rotatable bonds is 4. The summed E-state index contributed by atoms with van der Waals surface area (Å²) in [7, 11) is 0. The van der Waals surface area contributed by atoms with Crippen LogP contribution < -0.4 is 10.6 Å². The van der Waals surface area contributed by atoms with Gasteiger partial charge >= 0.3 is 6.03 Å². The van der Waals surface area contributed by atoms with Crippen LogP contribution in [-0.2, 0) is 4.79 Å². The van der Waals surface area contributed by atoms with E-state index in [1.54, 1.807) is 23.9 Å². The zero-order chi connectivity index (χ0) is 18.5. The lowest BCUT2D eigenvalue weighted by Gasteiger charge is -2.24. The van der Waals surface area contributed by atoms with Gasteiger partial charge in [-0.25, -0.2) is 4.79 Å². The van der Waals surface area contributed by atoms with Crippen molar-refractivity contribution >= 4 is 35.1 Å². The smallest absolute Gasteiger partial charge is 0.322 e. The summed E-state index contributed by atoms with van der Waals surface area (Å²) in [5.74, 6) is -0.304. The number of carbonyl (C=O) groups excluding carboxylic acids is 2. The predicted molar refractivity (Wildman–Crippen MR) is 103 cm³/mol. The van der Waals surface area contributed by atoms with Gasteiger partial charge in [-0.3, -0.25) is 4.79 Å². The Kier molecular flexibility index (Phi) is 5.80. The lowest BCUT2D eigenvalue weighted by Crippen LogP contribution is -2.45. The van der Waals surface area contributed by atoms with Gasteiger partial charge in [0, 0.05) is 29.2 Å². The molecule has 6 nitrogen and oxygen atoms in total. The van der Waals surface area contributed by atoms with Crippen LogP contribution in [0, 0.1) is 0 Å². The SMILES string of the molecule is CSc1ccc(NC(=O)[C@H]2C[C@@H](O)CN2C(=O)Nc2ccccc2)cc1. The van der Waals surface area contributed by atoms with Gasteiger partial charge in [-0.1, -0.05) is 18.2 Å². The Bertz CT molecular complexity index is 767. The van der Waals surface area contributed by atoms with Crippen molar-refractivity contribution in [3.8, 4) is 0 Å². The highest BCUT2D eigenvalue weighted by molar-refractivity contribution is 7.98. The van der Waals surface area contributed by atoms with Crippen molar-refractivity contribution in [2.45, 2.75) is 23.5 Å². The lowest BCUT2D eigenvalue weighted by molar-refractivity contribution is -0.119. The van der Waals surface area contributed by atoms with Gasteiger partial charge in [0.2, 0.25) is 5.91 Å². The second-order valence-corrected chi connectivity index (χ2v) is 6.95. The summed E-state index contributed by atoms with van der Waals surface area (Å²) in [4.78, 5) is 27.6. The van der Waals surface area contributed by atoms with Gasteiger partial charge < -0.3 is 20.6 Å². The minimum atomic E-state index is -0.717. The predicted octanol–water partition coefficient (Wildman–Crippen LogP) is 3.01. The quantitative estimate of drug-likeness (QED) is 0.722. The molecule has 3 amide bonds. The first-order valence-corrected chi connectivity index (χ1v) is 9.55. The fourth-order valence-corrected chi connectivity index (χ4v) is 3.31. The largest absolute Gasteiger partial charge is 0.391 e. The van der Waals surface area contributed by atoms with E-state index < -0.39 is 18.2 Å². The first-order chi connectivity index (χ1) is 12.6. The molecule has 0 aromatic heterocycles. The van der Waals surface area contributed by atoms with Crippen LogP contribution in [0.5, 0.6) is 0 Å². The lowest BCUT2D eigenvalue weighted by atomic mass is 10.2. The van der Waals surface area contributed by atoms with Crippen molar-refractivity contribution in [2.75, 3.05) is 23.4 Å². The second kappa shape index (κ2) is 8.25. The third kappa shape index (κ3) is 4.36. The molecule has 3 N–H and O–H groups in total. The maximum absolute atomic E-state index is 12.6. The van der Waals surface area contributed by atoms with Gasteiger partial charge in [0.25, 0.3) is 0 Å². The summed E-state index contributed by atoms with van der Waals surface area (Å²) in [5.41, 5.74) is 1.31. The van der Waals surface area contributed by atoms with E-state index in [9.17, 15) is 14.7 Å². The highest BCUT2D eigenvalue weighted by Crippen LogP contribution is 2.22. The molecule has 0 saturated carbocycles. The molecule has 0 unspecified atom stereocenters. The summed E-state index contributed by atoms with van der Waals surface area (Å²) in [5, 5.41) is 15.5. The number of hydrogen-bond donors (Lipinski definition) is 3. The van der Waals surface area contributed by atoms with Crippen LogP contribution in [0.25, 0.3) is 0 Å². The maximum Gasteiger partial charge on any atom is 0.322 e. The van der Waals surface area contributed by atoms with E-state index in [1.807, 2.05) is 48.7 Å². The normalized spacial score (nSPS) is 19.2. The third-order valence-corrected chi connectivity index (χ3v) is 4.97. The number of aliphatic hydroxyl groups is 1. The molecular weight excluding hydrogens is 350 g/mol. The van der Waals surface area contributed by atoms with Gasteiger partial charge in [0.05, 0.1) is 6.10 Å². The minimum absolute atomic E-state index is 0.127. The summed E-state index contributed by atoms with van der Waals surface area (Å²) in [6.45, 7) is 0.127. The topological polar surface area (TPSA) is 81.7 Å². The molecule has 1 fully saturated rings. The highest BCUT2D eigenvalue weighted by atomic mass is 32.2. The van der Waals surface area contributed by atoms with E-state index in [0.29, 0.717) is 11.4 Å². The molecule has 26 heavy (non-hydrogen) atoms. The van der Waals surface area contributed by atoms with E-state index in [0.717, 1.165) is 4.90 Å². The summed E-state index contributed by atoms with van der Waals surface area (Å²) in [6, 6.07) is 15.4. The molecular formula is C19H21N3O3S.